The van der Waals surface area contributed by atoms with E-state index >= 15 is 0 Å². The summed E-state index contributed by atoms with van der Waals surface area (Å²) in [5.74, 6) is -2.03. The van der Waals surface area contributed by atoms with Crippen LogP contribution in [0.5, 0.6) is 0 Å². The van der Waals surface area contributed by atoms with E-state index < -0.39 is 11.8 Å². The summed E-state index contributed by atoms with van der Waals surface area (Å²) in [6.07, 6.45) is 0. The quantitative estimate of drug-likeness (QED) is 0.879. The van der Waals surface area contributed by atoms with Gasteiger partial charge in [-0.2, -0.15) is 0 Å². The first-order chi connectivity index (χ1) is 8.09. The molecule has 0 aromatic heterocycles. The molecule has 0 bridgehead atoms. The fourth-order valence-corrected chi connectivity index (χ4v) is 1.77. The molecule has 4 heteroatoms. The fourth-order valence-electron chi connectivity index (χ4n) is 1.58. The topological polar surface area (TPSA) is 37.3 Å². The van der Waals surface area contributed by atoms with E-state index in [1.54, 1.807) is 24.3 Å². The van der Waals surface area contributed by atoms with Crippen LogP contribution in [0, 0.1) is 5.82 Å². The number of hydrogen-bond acceptors (Lipinski definition) is 1. The summed E-state index contributed by atoms with van der Waals surface area (Å²) in [7, 11) is 0. The normalized spacial score (nSPS) is 10.2. The van der Waals surface area contributed by atoms with Gasteiger partial charge in [-0.05, 0) is 23.8 Å². The van der Waals surface area contributed by atoms with Gasteiger partial charge in [0.2, 0.25) is 0 Å². The number of carboxylic acid groups (broad SMARTS) is 1. The van der Waals surface area contributed by atoms with Crippen LogP contribution >= 0.6 is 11.6 Å². The van der Waals surface area contributed by atoms with Crippen LogP contribution in [0.1, 0.15) is 10.4 Å². The van der Waals surface area contributed by atoms with Gasteiger partial charge in [-0.1, -0.05) is 35.9 Å². The van der Waals surface area contributed by atoms with Crippen molar-refractivity contribution in [3.63, 3.8) is 0 Å². The largest absolute Gasteiger partial charge is 0.478 e. The summed E-state index contributed by atoms with van der Waals surface area (Å²) in [6.45, 7) is 0. The fraction of sp³-hybridized carbons (Fsp3) is 0. The molecule has 0 amide bonds. The Bertz CT molecular complexity index is 581. The molecule has 0 aliphatic rings. The number of halogens is 2. The first-order valence-electron chi connectivity index (χ1n) is 4.87. The van der Waals surface area contributed by atoms with Gasteiger partial charge in [0.05, 0.1) is 5.56 Å². The lowest BCUT2D eigenvalue weighted by Gasteiger charge is -2.06. The standard InChI is InChI=1S/C13H8ClFO2/c14-9-4-1-3-8(7-9)10-5-2-6-11(12(10)15)13(16)17/h1-7H,(H,16,17). The minimum atomic E-state index is -1.29. The molecule has 17 heavy (non-hydrogen) atoms. The third-order valence-electron chi connectivity index (χ3n) is 2.36. The van der Waals surface area contributed by atoms with Crippen LogP contribution in [-0.4, -0.2) is 11.1 Å². The third kappa shape index (κ3) is 2.29. The van der Waals surface area contributed by atoms with Gasteiger partial charge in [-0.25, -0.2) is 9.18 Å². The lowest BCUT2D eigenvalue weighted by Crippen LogP contribution is -2.01. The number of carboxylic acids is 1. The maximum atomic E-state index is 13.9. The van der Waals surface area contributed by atoms with Crippen molar-refractivity contribution in [1.29, 1.82) is 0 Å². The molecule has 2 rings (SSSR count). The molecule has 0 spiro atoms. The van der Waals surface area contributed by atoms with Gasteiger partial charge < -0.3 is 5.11 Å². The van der Waals surface area contributed by atoms with Gasteiger partial charge in [0.1, 0.15) is 5.82 Å². The van der Waals surface area contributed by atoms with Crippen molar-refractivity contribution in [2.24, 2.45) is 0 Å². The van der Waals surface area contributed by atoms with Crippen LogP contribution in [-0.2, 0) is 0 Å². The van der Waals surface area contributed by atoms with Crippen molar-refractivity contribution in [1.82, 2.24) is 0 Å². The molecule has 0 radical (unpaired) electrons. The molecule has 0 unspecified atom stereocenters. The molecule has 2 aromatic carbocycles. The van der Waals surface area contributed by atoms with Gasteiger partial charge in [-0.3, -0.25) is 0 Å². The zero-order chi connectivity index (χ0) is 12.4. The molecule has 86 valence electrons. The third-order valence-corrected chi connectivity index (χ3v) is 2.60. The molecule has 0 aliphatic heterocycles. The van der Waals surface area contributed by atoms with Crippen LogP contribution in [0.15, 0.2) is 42.5 Å². The SMILES string of the molecule is O=C(O)c1cccc(-c2cccc(Cl)c2)c1F. The Morgan fingerprint density at radius 3 is 2.53 bits per heavy atom. The predicted octanol–water partition coefficient (Wildman–Crippen LogP) is 3.84. The van der Waals surface area contributed by atoms with Gasteiger partial charge in [-0.15, -0.1) is 0 Å². The molecule has 0 saturated heterocycles. The van der Waals surface area contributed by atoms with Crippen LogP contribution < -0.4 is 0 Å². The molecule has 0 atom stereocenters. The van der Waals surface area contributed by atoms with Gasteiger partial charge in [0.25, 0.3) is 0 Å². The smallest absolute Gasteiger partial charge is 0.338 e. The number of benzene rings is 2. The summed E-state index contributed by atoms with van der Waals surface area (Å²) in [4.78, 5) is 10.8. The lowest BCUT2D eigenvalue weighted by molar-refractivity contribution is 0.0692. The van der Waals surface area contributed by atoms with Crippen LogP contribution in [0.25, 0.3) is 11.1 Å². The van der Waals surface area contributed by atoms with Crippen molar-refractivity contribution in [2.75, 3.05) is 0 Å². The van der Waals surface area contributed by atoms with Crippen LogP contribution in [0.2, 0.25) is 5.02 Å². The predicted molar refractivity (Wildman–Crippen MR) is 63.8 cm³/mol. The van der Waals surface area contributed by atoms with E-state index in [9.17, 15) is 9.18 Å². The Kier molecular flexibility index (Phi) is 3.11. The summed E-state index contributed by atoms with van der Waals surface area (Å²) in [5, 5.41) is 9.30. The number of rotatable bonds is 2. The first-order valence-corrected chi connectivity index (χ1v) is 5.25. The second-order valence-electron chi connectivity index (χ2n) is 3.48. The molecular formula is C13H8ClFO2. The highest BCUT2D eigenvalue weighted by Gasteiger charge is 2.14. The van der Waals surface area contributed by atoms with E-state index in [-0.39, 0.29) is 11.1 Å². The zero-order valence-corrected chi connectivity index (χ0v) is 9.41. The van der Waals surface area contributed by atoms with E-state index in [1.807, 2.05) is 0 Å². The number of hydrogen-bond donors (Lipinski definition) is 1. The minimum absolute atomic E-state index is 0.229. The van der Waals surface area contributed by atoms with Crippen molar-refractivity contribution in [2.45, 2.75) is 0 Å². The molecule has 1 N–H and O–H groups in total. The Labute approximate surface area is 102 Å². The highest BCUT2D eigenvalue weighted by atomic mass is 35.5. The Hall–Kier alpha value is -1.87. The summed E-state index contributed by atoms with van der Waals surface area (Å²) < 4.78 is 13.9. The molecule has 2 aromatic rings. The number of carbonyl (C=O) groups is 1. The minimum Gasteiger partial charge on any atom is -0.478 e. The average molecular weight is 251 g/mol. The Morgan fingerprint density at radius 2 is 1.88 bits per heavy atom. The maximum Gasteiger partial charge on any atom is 0.338 e. The average Bonchev–Trinajstić information content (AvgIpc) is 2.29. The molecule has 0 saturated carbocycles. The van der Waals surface area contributed by atoms with E-state index in [2.05, 4.69) is 0 Å². The zero-order valence-electron chi connectivity index (χ0n) is 8.65. The maximum absolute atomic E-state index is 13.9. The second-order valence-corrected chi connectivity index (χ2v) is 3.92. The lowest BCUT2D eigenvalue weighted by atomic mass is 10.0. The van der Waals surface area contributed by atoms with E-state index in [0.717, 1.165) is 0 Å². The van der Waals surface area contributed by atoms with Gasteiger partial charge in [0, 0.05) is 10.6 Å². The Morgan fingerprint density at radius 1 is 1.18 bits per heavy atom. The van der Waals surface area contributed by atoms with Crippen LogP contribution in [0.4, 0.5) is 4.39 Å². The highest BCUT2D eigenvalue weighted by Crippen LogP contribution is 2.27. The first kappa shape index (κ1) is 11.6. The molecule has 0 aliphatic carbocycles. The second kappa shape index (κ2) is 4.55. The summed E-state index contributed by atoms with van der Waals surface area (Å²) in [5.41, 5.74) is 0.438. The molecule has 0 fully saturated rings. The summed E-state index contributed by atoms with van der Waals surface area (Å²) >= 11 is 5.81. The summed E-state index contributed by atoms with van der Waals surface area (Å²) in [6, 6.07) is 10.9. The molecule has 2 nitrogen and oxygen atoms in total. The van der Waals surface area contributed by atoms with Crippen molar-refractivity contribution >= 4 is 17.6 Å². The van der Waals surface area contributed by atoms with Crippen molar-refractivity contribution in [3.8, 4) is 11.1 Å². The van der Waals surface area contributed by atoms with Gasteiger partial charge in [0.15, 0.2) is 0 Å². The van der Waals surface area contributed by atoms with Gasteiger partial charge >= 0.3 is 5.97 Å². The van der Waals surface area contributed by atoms with E-state index in [0.29, 0.717) is 10.6 Å². The monoisotopic (exact) mass is 250 g/mol. The molecule has 0 heterocycles. The van der Waals surface area contributed by atoms with E-state index in [4.69, 9.17) is 16.7 Å². The van der Waals surface area contributed by atoms with Crippen molar-refractivity contribution < 1.29 is 14.3 Å². The number of aromatic carboxylic acids is 1. The van der Waals surface area contributed by atoms with Crippen molar-refractivity contribution in [3.05, 3.63) is 58.9 Å². The molecular weight excluding hydrogens is 243 g/mol. The highest BCUT2D eigenvalue weighted by molar-refractivity contribution is 6.30. The van der Waals surface area contributed by atoms with E-state index in [1.165, 1.54) is 18.2 Å². The van der Waals surface area contributed by atoms with Crippen LogP contribution in [0.3, 0.4) is 0 Å². The Balaban J connectivity index is 2.60.